The summed E-state index contributed by atoms with van der Waals surface area (Å²) in [6.45, 7) is 29.4. The third-order valence-electron chi connectivity index (χ3n) is 16.2. The van der Waals surface area contributed by atoms with Crippen molar-refractivity contribution in [2.45, 2.75) is 123 Å². The molecule has 2 aliphatic heterocycles. The molecule has 298 valence electrons. The fourth-order valence-electron chi connectivity index (χ4n) is 12.9. The molecule has 6 aromatic carbocycles. The minimum absolute atomic E-state index is 0.00289. The Hall–Kier alpha value is -5.28. The van der Waals surface area contributed by atoms with Gasteiger partial charge in [0.2, 0.25) is 0 Å². The Morgan fingerprint density at radius 3 is 1.90 bits per heavy atom. The van der Waals surface area contributed by atoms with Gasteiger partial charge in [0, 0.05) is 55.6 Å². The Morgan fingerprint density at radius 2 is 1.20 bits per heavy atom. The molecule has 2 nitrogen and oxygen atoms in total. The highest BCUT2D eigenvalue weighted by atomic mass is 15.2. The van der Waals surface area contributed by atoms with Crippen LogP contribution in [0.2, 0.25) is 0 Å². The zero-order valence-electron chi connectivity index (χ0n) is 37.7. The van der Waals surface area contributed by atoms with Crippen molar-refractivity contribution in [1.82, 2.24) is 4.48 Å². The number of fused-ring (bicyclic) bond motifs is 14. The largest absolute Gasteiger partial charge is 0.378 e. The first kappa shape index (κ1) is 36.6. The fourth-order valence-corrected chi connectivity index (χ4v) is 12.9. The van der Waals surface area contributed by atoms with Gasteiger partial charge in [0.25, 0.3) is 0 Å². The summed E-state index contributed by atoms with van der Waals surface area (Å²) in [6.07, 6.45) is 2.39. The summed E-state index contributed by atoms with van der Waals surface area (Å²) in [6, 6.07) is 41.0. The second-order valence-corrected chi connectivity index (χ2v) is 22.5. The van der Waals surface area contributed by atoms with Crippen LogP contribution in [0.5, 0.6) is 0 Å². The van der Waals surface area contributed by atoms with Crippen molar-refractivity contribution < 1.29 is 0 Å². The number of hydrogen-bond acceptors (Lipinski definition) is 1. The molecule has 0 N–H and O–H groups in total. The number of anilines is 3. The maximum atomic E-state index is 2.84. The summed E-state index contributed by atoms with van der Waals surface area (Å²) in [5.41, 5.74) is 27.8. The Bertz CT molecular complexity index is 3100. The first-order valence-corrected chi connectivity index (χ1v) is 22.5. The summed E-state index contributed by atoms with van der Waals surface area (Å²) in [5.74, 6) is 0. The Balaban J connectivity index is 1.28. The SMILES string of the molecule is Cc1cc2c(cc1N1c3cc(C(C)(C)C)cc4c3B(c3ccc5c(c31)C(C)(C)c1ccccc1-5)n1c3c(c5cccc-4c51)-c1ccccc1C3(C)C)C(C)(C)CCC2(C)C. The maximum absolute atomic E-state index is 2.84. The zero-order valence-corrected chi connectivity index (χ0v) is 37.7. The van der Waals surface area contributed by atoms with Crippen molar-refractivity contribution in [2.24, 2.45) is 0 Å². The first-order chi connectivity index (χ1) is 28.3. The van der Waals surface area contributed by atoms with Crippen LogP contribution in [0.1, 0.15) is 134 Å². The number of para-hydroxylation sites is 1. The van der Waals surface area contributed by atoms with Gasteiger partial charge in [0.05, 0.1) is 0 Å². The predicted octanol–water partition coefficient (Wildman–Crippen LogP) is 13.6. The normalized spacial score (nSPS) is 18.7. The summed E-state index contributed by atoms with van der Waals surface area (Å²) in [7, 11) is 0. The van der Waals surface area contributed by atoms with Crippen LogP contribution in [0.4, 0.5) is 17.1 Å². The van der Waals surface area contributed by atoms with Gasteiger partial charge in [-0.05, 0) is 120 Å². The molecule has 3 heteroatoms. The first-order valence-electron chi connectivity index (χ1n) is 22.5. The molecule has 0 saturated carbocycles. The zero-order chi connectivity index (χ0) is 41.8. The molecule has 7 aromatic rings. The molecule has 0 fully saturated rings. The topological polar surface area (TPSA) is 8.17 Å². The van der Waals surface area contributed by atoms with E-state index in [0.29, 0.717) is 0 Å². The Morgan fingerprint density at radius 1 is 0.567 bits per heavy atom. The quantitative estimate of drug-likeness (QED) is 0.151. The molecule has 0 spiro atoms. The molecular weight excluding hydrogens is 723 g/mol. The lowest BCUT2D eigenvalue weighted by Crippen LogP contribution is -2.58. The molecule has 0 radical (unpaired) electrons. The molecule has 12 rings (SSSR count). The van der Waals surface area contributed by atoms with Crippen LogP contribution in [0.25, 0.3) is 44.3 Å². The fraction of sp³-hybridized carbons (Fsp3) is 0.333. The van der Waals surface area contributed by atoms with Crippen LogP contribution in [-0.4, -0.2) is 11.3 Å². The lowest BCUT2D eigenvalue weighted by Gasteiger charge is -2.46. The van der Waals surface area contributed by atoms with Gasteiger partial charge in [-0.15, -0.1) is 0 Å². The van der Waals surface area contributed by atoms with E-state index in [2.05, 4.69) is 196 Å². The number of benzene rings is 6. The number of aromatic nitrogens is 1. The van der Waals surface area contributed by atoms with E-state index in [0.717, 1.165) is 0 Å². The third-order valence-corrected chi connectivity index (χ3v) is 16.2. The number of nitrogens with zero attached hydrogens (tertiary/aromatic N) is 2. The van der Waals surface area contributed by atoms with Gasteiger partial charge in [-0.3, -0.25) is 0 Å². The molecule has 0 amide bonds. The highest BCUT2D eigenvalue weighted by Crippen LogP contribution is 2.59. The highest BCUT2D eigenvalue weighted by Gasteiger charge is 2.52. The molecule has 3 aliphatic carbocycles. The maximum Gasteiger partial charge on any atom is 0.332 e. The molecule has 60 heavy (non-hydrogen) atoms. The van der Waals surface area contributed by atoms with Gasteiger partial charge in [-0.25, -0.2) is 0 Å². The highest BCUT2D eigenvalue weighted by molar-refractivity contribution is 6.89. The smallest absolute Gasteiger partial charge is 0.332 e. The molecule has 0 unspecified atom stereocenters. The van der Waals surface area contributed by atoms with Gasteiger partial charge in [0.15, 0.2) is 0 Å². The third kappa shape index (κ3) is 4.32. The molecule has 0 atom stereocenters. The number of rotatable bonds is 1. The van der Waals surface area contributed by atoms with Crippen molar-refractivity contribution >= 4 is 45.7 Å². The average molecular weight is 781 g/mol. The molecule has 0 bridgehead atoms. The van der Waals surface area contributed by atoms with Gasteiger partial charge in [-0.2, -0.15) is 0 Å². The summed E-state index contributed by atoms with van der Waals surface area (Å²) in [5, 5.41) is 1.38. The minimum atomic E-state index is -0.211. The summed E-state index contributed by atoms with van der Waals surface area (Å²) in [4.78, 5) is 2.79. The van der Waals surface area contributed by atoms with Crippen molar-refractivity contribution in [3.05, 3.63) is 148 Å². The van der Waals surface area contributed by atoms with Crippen LogP contribution >= 0.6 is 0 Å². The summed E-state index contributed by atoms with van der Waals surface area (Å²) >= 11 is 0. The van der Waals surface area contributed by atoms with Crippen molar-refractivity contribution in [2.75, 3.05) is 4.90 Å². The molecular formula is C57H57BN2. The van der Waals surface area contributed by atoms with Crippen LogP contribution < -0.4 is 15.8 Å². The van der Waals surface area contributed by atoms with E-state index in [9.17, 15) is 0 Å². The van der Waals surface area contributed by atoms with E-state index in [4.69, 9.17) is 0 Å². The van der Waals surface area contributed by atoms with Crippen LogP contribution in [0.3, 0.4) is 0 Å². The van der Waals surface area contributed by atoms with Crippen LogP contribution in [0, 0.1) is 6.92 Å². The van der Waals surface area contributed by atoms with Gasteiger partial charge in [-0.1, -0.05) is 167 Å². The number of aryl methyl sites for hydroxylation is 1. The van der Waals surface area contributed by atoms with E-state index in [-0.39, 0.29) is 33.9 Å². The van der Waals surface area contributed by atoms with Crippen molar-refractivity contribution in [1.29, 1.82) is 0 Å². The lowest BCUT2D eigenvalue weighted by molar-refractivity contribution is 0.332. The van der Waals surface area contributed by atoms with E-state index < -0.39 is 0 Å². The Labute approximate surface area is 357 Å². The van der Waals surface area contributed by atoms with E-state index in [1.165, 1.54) is 130 Å². The predicted molar refractivity (Wildman–Crippen MR) is 256 cm³/mol. The average Bonchev–Trinajstić information content (AvgIpc) is 3.76. The second-order valence-electron chi connectivity index (χ2n) is 22.5. The number of hydrogen-bond donors (Lipinski definition) is 0. The Kier molecular flexibility index (Phi) is 6.80. The van der Waals surface area contributed by atoms with E-state index >= 15 is 0 Å². The second kappa shape index (κ2) is 11.2. The monoisotopic (exact) mass is 780 g/mol. The standard InChI is InChI=1S/C57H57BN2/c1-32-28-42-43(55(7,8)27-26-54(42,5)6)31-45(32)59-46-30-33(53(2,3)4)29-39-36-20-17-21-38-47-37-19-14-16-23-41(37)57(11,12)52(47)60(50(36)38)58(49(39)46)44-25-24-35-34-18-13-15-22-40(34)56(9,10)48(35)51(44)59/h13-25,28-31H,26-27H2,1-12H3. The van der Waals surface area contributed by atoms with Gasteiger partial charge in [0.1, 0.15) is 0 Å². The van der Waals surface area contributed by atoms with Crippen LogP contribution in [-0.2, 0) is 27.1 Å². The van der Waals surface area contributed by atoms with E-state index in [1.54, 1.807) is 0 Å². The summed E-state index contributed by atoms with van der Waals surface area (Å²) < 4.78 is 2.84. The van der Waals surface area contributed by atoms with Crippen molar-refractivity contribution in [3.63, 3.8) is 0 Å². The van der Waals surface area contributed by atoms with Gasteiger partial charge < -0.3 is 9.38 Å². The van der Waals surface area contributed by atoms with Crippen LogP contribution in [0.15, 0.2) is 103 Å². The molecule has 1 aromatic heterocycles. The lowest BCUT2D eigenvalue weighted by atomic mass is 9.44. The molecule has 3 heterocycles. The van der Waals surface area contributed by atoms with Gasteiger partial charge >= 0.3 is 6.85 Å². The molecule has 0 saturated heterocycles. The minimum Gasteiger partial charge on any atom is -0.378 e. The van der Waals surface area contributed by atoms with Crippen molar-refractivity contribution in [3.8, 4) is 33.4 Å². The van der Waals surface area contributed by atoms with E-state index in [1.807, 2.05) is 0 Å². The molecule has 5 aliphatic rings.